The van der Waals surface area contributed by atoms with E-state index in [4.69, 9.17) is 16.3 Å². The second-order valence-corrected chi connectivity index (χ2v) is 7.45. The molecule has 0 saturated heterocycles. The minimum Gasteiger partial charge on any atom is -0.492 e. The highest BCUT2D eigenvalue weighted by atomic mass is 35.5. The fourth-order valence-electron chi connectivity index (χ4n) is 3.36. The van der Waals surface area contributed by atoms with Crippen molar-refractivity contribution in [3.63, 3.8) is 0 Å². The van der Waals surface area contributed by atoms with Gasteiger partial charge in [-0.25, -0.2) is 9.97 Å². The van der Waals surface area contributed by atoms with Crippen LogP contribution in [0.3, 0.4) is 0 Å². The molecule has 1 aromatic heterocycles. The standard InChI is InChI=1S/C20H21ClN6O3/c1-27-7-6-22-16(28)3-2-8-30-15-9-12(4-5-14(15)21)23-10-13-17-18(26-20(13)29)24-11-25-19(17)27/h4-5,9-11,13H,2-3,6-8H2,1H3,(H,22,28)(H,24,25,26,29). The summed E-state index contributed by atoms with van der Waals surface area (Å²) in [4.78, 5) is 39.6. The first-order valence-electron chi connectivity index (χ1n) is 9.63. The number of hydrogen-bond acceptors (Lipinski definition) is 7. The summed E-state index contributed by atoms with van der Waals surface area (Å²) in [5.41, 5.74) is 1.26. The van der Waals surface area contributed by atoms with Gasteiger partial charge < -0.3 is 20.3 Å². The average Bonchev–Trinajstić information content (AvgIpc) is 3.05. The zero-order valence-electron chi connectivity index (χ0n) is 16.4. The zero-order valence-corrected chi connectivity index (χ0v) is 17.1. The summed E-state index contributed by atoms with van der Waals surface area (Å²) in [6.07, 6.45) is 3.90. The van der Waals surface area contributed by atoms with Gasteiger partial charge in [-0.15, -0.1) is 0 Å². The number of fused-ring (bicyclic) bond motifs is 2. The van der Waals surface area contributed by atoms with E-state index < -0.39 is 5.92 Å². The number of likely N-dealkylation sites (N-methyl/N-ethyl adjacent to an activating group) is 1. The van der Waals surface area contributed by atoms with Gasteiger partial charge in [0.25, 0.3) is 0 Å². The second-order valence-electron chi connectivity index (χ2n) is 7.04. The molecule has 4 rings (SSSR count). The van der Waals surface area contributed by atoms with Crippen molar-refractivity contribution in [1.29, 1.82) is 0 Å². The van der Waals surface area contributed by atoms with Gasteiger partial charge in [0.1, 0.15) is 29.6 Å². The first-order valence-corrected chi connectivity index (χ1v) is 10.0. The fraction of sp³-hybridized carbons (Fsp3) is 0.350. The van der Waals surface area contributed by atoms with Crippen molar-refractivity contribution in [2.24, 2.45) is 4.99 Å². The summed E-state index contributed by atoms with van der Waals surface area (Å²) >= 11 is 6.21. The van der Waals surface area contributed by atoms with Crippen LogP contribution in [0.25, 0.3) is 0 Å². The molecule has 1 atom stereocenters. The summed E-state index contributed by atoms with van der Waals surface area (Å²) in [5.74, 6) is 0.659. The SMILES string of the molecule is CN1CCNC(=O)CCCOc2cc(ccc2Cl)N=CC2C(=O)Nc3ncnc1c32. The van der Waals surface area contributed by atoms with Gasteiger partial charge in [-0.3, -0.25) is 14.6 Å². The van der Waals surface area contributed by atoms with Crippen LogP contribution in [0.15, 0.2) is 29.5 Å². The molecule has 2 aromatic rings. The largest absolute Gasteiger partial charge is 0.492 e. The highest BCUT2D eigenvalue weighted by Gasteiger charge is 2.34. The molecule has 1 unspecified atom stereocenters. The van der Waals surface area contributed by atoms with Gasteiger partial charge in [0.2, 0.25) is 11.8 Å². The Bertz CT molecular complexity index is 1010. The van der Waals surface area contributed by atoms with Crippen molar-refractivity contribution in [1.82, 2.24) is 15.3 Å². The lowest BCUT2D eigenvalue weighted by Gasteiger charge is -2.21. The van der Waals surface area contributed by atoms with Crippen LogP contribution in [0, 0.1) is 0 Å². The molecule has 9 nitrogen and oxygen atoms in total. The van der Waals surface area contributed by atoms with Gasteiger partial charge in [-0.05, 0) is 18.6 Å². The maximum atomic E-state index is 12.6. The highest BCUT2D eigenvalue weighted by Crippen LogP contribution is 2.36. The Balaban J connectivity index is 1.71. The summed E-state index contributed by atoms with van der Waals surface area (Å²) in [6, 6.07) is 5.14. The molecule has 30 heavy (non-hydrogen) atoms. The van der Waals surface area contributed by atoms with Gasteiger partial charge in [-0.1, -0.05) is 11.6 Å². The van der Waals surface area contributed by atoms with E-state index in [1.165, 1.54) is 6.33 Å². The summed E-state index contributed by atoms with van der Waals surface area (Å²) < 4.78 is 5.72. The van der Waals surface area contributed by atoms with Crippen LogP contribution in [0.1, 0.15) is 24.3 Å². The molecule has 0 fully saturated rings. The highest BCUT2D eigenvalue weighted by molar-refractivity contribution is 6.32. The lowest BCUT2D eigenvalue weighted by atomic mass is 10.0. The number of nitrogens with zero attached hydrogens (tertiary/aromatic N) is 4. The Morgan fingerprint density at radius 3 is 3.00 bits per heavy atom. The Morgan fingerprint density at radius 1 is 1.27 bits per heavy atom. The van der Waals surface area contributed by atoms with Crippen molar-refractivity contribution in [2.75, 3.05) is 37.0 Å². The molecule has 2 amide bonds. The molecular weight excluding hydrogens is 408 g/mol. The Labute approximate surface area is 178 Å². The number of aromatic nitrogens is 2. The van der Waals surface area contributed by atoms with Crippen LogP contribution in [0.2, 0.25) is 5.02 Å². The smallest absolute Gasteiger partial charge is 0.238 e. The van der Waals surface area contributed by atoms with Crippen LogP contribution in [0.4, 0.5) is 17.3 Å². The predicted octanol–water partition coefficient (Wildman–Crippen LogP) is 2.29. The molecule has 2 aliphatic rings. The number of hydrogen-bond donors (Lipinski definition) is 2. The van der Waals surface area contributed by atoms with Crippen LogP contribution in [-0.4, -0.2) is 54.7 Å². The lowest BCUT2D eigenvalue weighted by Crippen LogP contribution is -2.34. The van der Waals surface area contributed by atoms with Crippen LogP contribution >= 0.6 is 11.6 Å². The summed E-state index contributed by atoms with van der Waals surface area (Å²) in [5, 5.41) is 6.13. The van der Waals surface area contributed by atoms with E-state index in [9.17, 15) is 9.59 Å². The minimum absolute atomic E-state index is 0.0536. The third kappa shape index (κ3) is 4.20. The first kappa shape index (κ1) is 20.1. The number of halogens is 1. The number of aliphatic imine (C=N–C) groups is 1. The van der Waals surface area contributed by atoms with Gasteiger partial charge in [0.15, 0.2) is 0 Å². The maximum Gasteiger partial charge on any atom is 0.238 e. The molecule has 2 bridgehead atoms. The number of amides is 2. The van der Waals surface area contributed by atoms with E-state index in [0.29, 0.717) is 66.2 Å². The molecule has 156 valence electrons. The number of nitrogens with one attached hydrogen (secondary N) is 2. The topological polar surface area (TPSA) is 109 Å². The summed E-state index contributed by atoms with van der Waals surface area (Å²) in [6.45, 7) is 1.33. The van der Waals surface area contributed by atoms with Crippen molar-refractivity contribution in [2.45, 2.75) is 18.8 Å². The molecule has 3 heterocycles. The maximum absolute atomic E-state index is 12.6. The normalized spacial score (nSPS) is 19.4. The molecule has 0 aliphatic carbocycles. The lowest BCUT2D eigenvalue weighted by molar-refractivity contribution is -0.121. The number of carbonyl (C=O) groups excluding carboxylic acids is 2. The van der Waals surface area contributed by atoms with E-state index in [1.807, 2.05) is 11.9 Å². The van der Waals surface area contributed by atoms with Gasteiger partial charge in [0.05, 0.1) is 22.9 Å². The third-order valence-electron chi connectivity index (χ3n) is 4.92. The van der Waals surface area contributed by atoms with Gasteiger partial charge in [0, 0.05) is 38.8 Å². The molecule has 0 saturated carbocycles. The zero-order chi connectivity index (χ0) is 21.1. The Hall–Kier alpha value is -3.20. The van der Waals surface area contributed by atoms with Crippen LogP contribution < -0.4 is 20.3 Å². The predicted molar refractivity (Wildman–Crippen MR) is 114 cm³/mol. The van der Waals surface area contributed by atoms with E-state index >= 15 is 0 Å². The van der Waals surface area contributed by atoms with E-state index in [0.717, 1.165) is 0 Å². The number of anilines is 2. The molecule has 0 radical (unpaired) electrons. The van der Waals surface area contributed by atoms with Crippen molar-refractivity contribution >= 4 is 47.0 Å². The van der Waals surface area contributed by atoms with E-state index in [1.54, 1.807) is 24.4 Å². The molecule has 10 heteroatoms. The Kier molecular flexibility index (Phi) is 5.80. The van der Waals surface area contributed by atoms with Crippen LogP contribution in [-0.2, 0) is 9.59 Å². The fourth-order valence-corrected chi connectivity index (χ4v) is 3.53. The Morgan fingerprint density at radius 2 is 2.13 bits per heavy atom. The average molecular weight is 429 g/mol. The quantitative estimate of drug-likeness (QED) is 0.666. The van der Waals surface area contributed by atoms with Crippen molar-refractivity contribution in [3.05, 3.63) is 35.1 Å². The van der Waals surface area contributed by atoms with Crippen LogP contribution in [0.5, 0.6) is 5.75 Å². The van der Waals surface area contributed by atoms with E-state index in [2.05, 4.69) is 25.6 Å². The molecular formula is C20H21ClN6O3. The van der Waals surface area contributed by atoms with Crippen molar-refractivity contribution < 1.29 is 14.3 Å². The molecule has 2 N–H and O–H groups in total. The third-order valence-corrected chi connectivity index (χ3v) is 5.23. The molecule has 1 aromatic carbocycles. The monoisotopic (exact) mass is 428 g/mol. The minimum atomic E-state index is -0.635. The van der Waals surface area contributed by atoms with E-state index in [-0.39, 0.29) is 11.8 Å². The number of rotatable bonds is 0. The molecule has 0 spiro atoms. The first-order chi connectivity index (χ1) is 14.5. The summed E-state index contributed by atoms with van der Waals surface area (Å²) in [7, 11) is 1.86. The number of ether oxygens (including phenoxy) is 1. The number of benzene rings is 1. The number of carbonyl (C=O) groups is 2. The van der Waals surface area contributed by atoms with Crippen molar-refractivity contribution in [3.8, 4) is 5.75 Å². The van der Waals surface area contributed by atoms with Gasteiger partial charge >= 0.3 is 0 Å². The molecule has 2 aliphatic heterocycles. The van der Waals surface area contributed by atoms with Gasteiger partial charge in [-0.2, -0.15) is 0 Å². The second kappa shape index (κ2) is 8.66.